The van der Waals surface area contributed by atoms with Crippen molar-refractivity contribution in [3.05, 3.63) is 64.7 Å². The molecular formula is C23H30ClN3O3S. The molecule has 0 aromatic heterocycles. The number of hydrogen-bond donors (Lipinski definition) is 1. The zero-order valence-electron chi connectivity index (χ0n) is 18.1. The molecule has 168 valence electrons. The summed E-state index contributed by atoms with van der Waals surface area (Å²) < 4.78 is 26.7. The van der Waals surface area contributed by atoms with E-state index in [2.05, 4.69) is 10.2 Å². The van der Waals surface area contributed by atoms with E-state index in [9.17, 15) is 13.2 Å². The van der Waals surface area contributed by atoms with Crippen molar-refractivity contribution in [3.63, 3.8) is 0 Å². The lowest BCUT2D eigenvalue weighted by atomic mass is 10.1. The van der Waals surface area contributed by atoms with Gasteiger partial charge >= 0.3 is 0 Å². The molecular weight excluding hydrogens is 434 g/mol. The summed E-state index contributed by atoms with van der Waals surface area (Å²) in [4.78, 5) is 15.3. The van der Waals surface area contributed by atoms with E-state index in [-0.39, 0.29) is 16.8 Å². The molecule has 0 saturated carbocycles. The average Bonchev–Trinajstić information content (AvgIpc) is 3.29. The second-order valence-corrected chi connectivity index (χ2v) is 10.0. The topological polar surface area (TPSA) is 69.7 Å². The van der Waals surface area contributed by atoms with Crippen LogP contribution in [-0.4, -0.2) is 56.3 Å². The number of carbonyl (C=O) groups excluding carboxylic acids is 1. The molecule has 0 bridgehead atoms. The first-order chi connectivity index (χ1) is 14.9. The van der Waals surface area contributed by atoms with Crippen molar-refractivity contribution in [1.82, 2.24) is 14.5 Å². The Morgan fingerprint density at radius 2 is 1.74 bits per heavy atom. The summed E-state index contributed by atoms with van der Waals surface area (Å²) in [7, 11) is -3.54. The van der Waals surface area contributed by atoms with E-state index >= 15 is 0 Å². The standard InChI is InChI=1S/C23H30ClN3O3S/c1-3-27(4-2)31(29,30)21-12-10-18(11-13-21)23(28)25-17-22(26-14-5-6-15-26)19-8-7-9-20(24)16-19/h7-13,16,22H,3-6,14-15,17H2,1-2H3,(H,25,28). The van der Waals surface area contributed by atoms with Crippen LogP contribution in [0.2, 0.25) is 5.02 Å². The molecule has 1 aliphatic rings. The van der Waals surface area contributed by atoms with Crippen molar-refractivity contribution in [1.29, 1.82) is 0 Å². The third kappa shape index (κ3) is 5.66. The molecule has 3 rings (SSSR count). The number of nitrogens with zero attached hydrogens (tertiary/aromatic N) is 2. The van der Waals surface area contributed by atoms with E-state index in [4.69, 9.17) is 11.6 Å². The van der Waals surface area contributed by atoms with Gasteiger partial charge in [-0.05, 0) is 67.9 Å². The van der Waals surface area contributed by atoms with Gasteiger partial charge in [0.2, 0.25) is 10.0 Å². The molecule has 31 heavy (non-hydrogen) atoms. The van der Waals surface area contributed by atoms with Gasteiger partial charge < -0.3 is 5.32 Å². The first-order valence-electron chi connectivity index (χ1n) is 10.7. The summed E-state index contributed by atoms with van der Waals surface area (Å²) >= 11 is 6.19. The van der Waals surface area contributed by atoms with Crippen LogP contribution in [0.4, 0.5) is 0 Å². The molecule has 1 aliphatic heterocycles. The van der Waals surface area contributed by atoms with Gasteiger partial charge in [-0.1, -0.05) is 37.6 Å². The number of rotatable bonds is 9. The van der Waals surface area contributed by atoms with Crippen LogP contribution in [0, 0.1) is 0 Å². The van der Waals surface area contributed by atoms with Crippen LogP contribution in [0.25, 0.3) is 0 Å². The van der Waals surface area contributed by atoms with E-state index < -0.39 is 10.0 Å². The number of likely N-dealkylation sites (tertiary alicyclic amines) is 1. The van der Waals surface area contributed by atoms with Gasteiger partial charge in [0.15, 0.2) is 0 Å². The molecule has 1 heterocycles. The van der Waals surface area contributed by atoms with E-state index in [1.807, 2.05) is 24.3 Å². The molecule has 1 unspecified atom stereocenters. The number of carbonyl (C=O) groups is 1. The third-order valence-corrected chi connectivity index (χ3v) is 8.03. The second-order valence-electron chi connectivity index (χ2n) is 7.64. The number of benzene rings is 2. The molecule has 6 nitrogen and oxygen atoms in total. The van der Waals surface area contributed by atoms with Gasteiger partial charge in [-0.15, -0.1) is 0 Å². The molecule has 1 atom stereocenters. The van der Waals surface area contributed by atoms with Crippen molar-refractivity contribution in [2.24, 2.45) is 0 Å². The van der Waals surface area contributed by atoms with Crippen molar-refractivity contribution < 1.29 is 13.2 Å². The van der Waals surface area contributed by atoms with Gasteiger partial charge in [0.1, 0.15) is 0 Å². The number of nitrogens with one attached hydrogen (secondary N) is 1. The molecule has 1 fully saturated rings. The lowest BCUT2D eigenvalue weighted by Gasteiger charge is -2.28. The van der Waals surface area contributed by atoms with Crippen molar-refractivity contribution in [2.45, 2.75) is 37.6 Å². The fourth-order valence-electron chi connectivity index (χ4n) is 4.01. The predicted octanol–water partition coefficient (Wildman–Crippen LogP) is 3.94. The minimum atomic E-state index is -3.54. The number of halogens is 1. The zero-order valence-corrected chi connectivity index (χ0v) is 19.6. The Labute approximate surface area is 190 Å². The Morgan fingerprint density at radius 3 is 2.32 bits per heavy atom. The molecule has 2 aromatic rings. The first-order valence-corrected chi connectivity index (χ1v) is 12.6. The summed E-state index contributed by atoms with van der Waals surface area (Å²) in [6.45, 7) is 6.86. The minimum absolute atomic E-state index is 0.0486. The molecule has 2 aromatic carbocycles. The van der Waals surface area contributed by atoms with E-state index in [1.54, 1.807) is 26.0 Å². The predicted molar refractivity (Wildman–Crippen MR) is 124 cm³/mol. The number of hydrogen-bond acceptors (Lipinski definition) is 4. The Kier molecular flexibility index (Phi) is 8.11. The molecule has 8 heteroatoms. The smallest absolute Gasteiger partial charge is 0.251 e. The Balaban J connectivity index is 1.71. The SMILES string of the molecule is CCN(CC)S(=O)(=O)c1ccc(C(=O)NCC(c2cccc(Cl)c2)N2CCCC2)cc1. The number of sulfonamides is 1. The van der Waals surface area contributed by atoms with Crippen molar-refractivity contribution >= 4 is 27.5 Å². The highest BCUT2D eigenvalue weighted by Crippen LogP contribution is 2.26. The Bertz CT molecular complexity index is 985. The fourth-order valence-corrected chi connectivity index (χ4v) is 5.66. The average molecular weight is 464 g/mol. The lowest BCUT2D eigenvalue weighted by Crippen LogP contribution is -2.36. The molecule has 0 aliphatic carbocycles. The maximum atomic E-state index is 12.8. The van der Waals surface area contributed by atoms with E-state index in [1.165, 1.54) is 16.4 Å². The molecule has 1 N–H and O–H groups in total. The maximum absolute atomic E-state index is 12.8. The molecule has 1 saturated heterocycles. The Morgan fingerprint density at radius 1 is 1.10 bits per heavy atom. The second kappa shape index (κ2) is 10.6. The summed E-state index contributed by atoms with van der Waals surface area (Å²) in [5.74, 6) is -0.224. The van der Waals surface area contributed by atoms with Crippen molar-refractivity contribution in [3.8, 4) is 0 Å². The first kappa shape index (κ1) is 23.7. The lowest BCUT2D eigenvalue weighted by molar-refractivity contribution is 0.0938. The highest BCUT2D eigenvalue weighted by atomic mass is 35.5. The van der Waals surface area contributed by atoms with Crippen LogP contribution < -0.4 is 5.32 Å². The van der Waals surface area contributed by atoms with Gasteiger partial charge in [0, 0.05) is 30.2 Å². The Hall–Kier alpha value is -1.93. The summed E-state index contributed by atoms with van der Waals surface area (Å²) in [6.07, 6.45) is 2.29. The van der Waals surface area contributed by atoms with Gasteiger partial charge in [-0.2, -0.15) is 4.31 Å². The third-order valence-electron chi connectivity index (χ3n) is 5.73. The summed E-state index contributed by atoms with van der Waals surface area (Å²) in [5, 5.41) is 3.69. The van der Waals surface area contributed by atoms with Crippen LogP contribution in [-0.2, 0) is 10.0 Å². The highest BCUT2D eigenvalue weighted by molar-refractivity contribution is 7.89. The van der Waals surface area contributed by atoms with E-state index in [0.29, 0.717) is 30.2 Å². The van der Waals surface area contributed by atoms with Crippen LogP contribution in [0.3, 0.4) is 0 Å². The van der Waals surface area contributed by atoms with Gasteiger partial charge in [0.05, 0.1) is 10.9 Å². The van der Waals surface area contributed by atoms with E-state index in [0.717, 1.165) is 31.5 Å². The van der Waals surface area contributed by atoms with Crippen molar-refractivity contribution in [2.75, 3.05) is 32.7 Å². The monoisotopic (exact) mass is 463 g/mol. The van der Waals surface area contributed by atoms with Crippen LogP contribution in [0.1, 0.15) is 48.7 Å². The normalized spacial score (nSPS) is 15.9. The summed E-state index contributed by atoms with van der Waals surface area (Å²) in [5.41, 5.74) is 1.51. The maximum Gasteiger partial charge on any atom is 0.251 e. The zero-order chi connectivity index (χ0) is 22.4. The molecule has 0 radical (unpaired) electrons. The quantitative estimate of drug-likeness (QED) is 0.611. The van der Waals surface area contributed by atoms with Gasteiger partial charge in [0.25, 0.3) is 5.91 Å². The fraction of sp³-hybridized carbons (Fsp3) is 0.435. The molecule has 0 spiro atoms. The van der Waals surface area contributed by atoms with Gasteiger partial charge in [-0.3, -0.25) is 9.69 Å². The van der Waals surface area contributed by atoms with Gasteiger partial charge in [-0.25, -0.2) is 8.42 Å². The minimum Gasteiger partial charge on any atom is -0.350 e. The molecule has 1 amide bonds. The van der Waals surface area contributed by atoms with Crippen LogP contribution in [0.5, 0.6) is 0 Å². The van der Waals surface area contributed by atoms with Crippen LogP contribution in [0.15, 0.2) is 53.4 Å². The largest absolute Gasteiger partial charge is 0.350 e. The van der Waals surface area contributed by atoms with Crippen LogP contribution >= 0.6 is 11.6 Å². The number of amides is 1. The summed E-state index contributed by atoms with van der Waals surface area (Å²) in [6, 6.07) is 13.9. The highest BCUT2D eigenvalue weighted by Gasteiger charge is 2.25.